The third kappa shape index (κ3) is 4.54. The van der Waals surface area contributed by atoms with Crippen LogP contribution < -0.4 is 10.2 Å². The van der Waals surface area contributed by atoms with Crippen LogP contribution in [0.15, 0.2) is 56.5 Å². The van der Waals surface area contributed by atoms with Gasteiger partial charge in [-0.3, -0.25) is 9.89 Å². The van der Waals surface area contributed by atoms with E-state index in [1.807, 2.05) is 36.8 Å². The molecule has 3 atom stereocenters. The van der Waals surface area contributed by atoms with Crippen LogP contribution in [0.3, 0.4) is 0 Å². The maximum atomic E-state index is 12.6. The van der Waals surface area contributed by atoms with Crippen molar-refractivity contribution < 1.29 is 18.7 Å². The summed E-state index contributed by atoms with van der Waals surface area (Å²) in [4.78, 5) is 31.8. The zero-order valence-electron chi connectivity index (χ0n) is 21.2. The topological polar surface area (TPSA) is 105 Å². The minimum absolute atomic E-state index is 0.0124. The monoisotopic (exact) mass is 522 g/mol. The van der Waals surface area contributed by atoms with E-state index in [0.29, 0.717) is 5.56 Å². The highest BCUT2D eigenvalue weighted by Crippen LogP contribution is 2.46. The van der Waals surface area contributed by atoms with E-state index >= 15 is 0 Å². The number of carbonyl (C=O) groups is 1. The summed E-state index contributed by atoms with van der Waals surface area (Å²) in [6, 6.07) is 9.37. The lowest BCUT2D eigenvalue weighted by atomic mass is 9.83. The van der Waals surface area contributed by atoms with E-state index < -0.39 is 17.6 Å². The zero-order chi connectivity index (χ0) is 26.0. The van der Waals surface area contributed by atoms with Crippen molar-refractivity contribution in [2.75, 3.05) is 51.1 Å². The molecule has 37 heavy (non-hydrogen) atoms. The highest BCUT2D eigenvalue weighted by molar-refractivity contribution is 7.10. The number of aromatic nitrogens is 1. The number of methoxy groups -OCH3 is 2. The van der Waals surface area contributed by atoms with E-state index in [0.717, 1.165) is 41.6 Å². The Morgan fingerprint density at radius 1 is 1.24 bits per heavy atom. The molecule has 0 saturated carbocycles. The van der Waals surface area contributed by atoms with Gasteiger partial charge in [0.15, 0.2) is 0 Å². The van der Waals surface area contributed by atoms with Gasteiger partial charge in [0.1, 0.15) is 24.1 Å². The summed E-state index contributed by atoms with van der Waals surface area (Å²) in [5.74, 6) is -0.445. The minimum Gasteiger partial charge on any atom is -0.463 e. The maximum Gasteiger partial charge on any atom is 0.374 e. The second kappa shape index (κ2) is 10.4. The molecule has 1 fully saturated rings. The standard InChI is InChI=1S/C26H30N6O4S/c1-17-24(37-16-29-17)26(14-27-15-28-23(26)18-9-12-36-22(18)25(33)35-4)30-19-7-5-6-8-20(19)32-11-10-31(2)21(13-32)34-3/h5-9,12,14-16,21,23,30H,10-11,13H2,1-4H3. The highest BCUT2D eigenvalue weighted by atomic mass is 32.1. The number of nitrogens with zero attached hydrogens (tertiary/aromatic N) is 5. The SMILES string of the molecule is COC(=O)c1occc1C1N=CN=CC1(Nc1ccccc1N1CCN(C)C(OC)C1)c1scnc1C. The molecule has 0 aliphatic carbocycles. The van der Waals surface area contributed by atoms with Crippen molar-refractivity contribution in [3.05, 3.63) is 64.0 Å². The Balaban J connectivity index is 1.61. The van der Waals surface area contributed by atoms with Crippen LogP contribution in [-0.4, -0.2) is 75.5 Å². The Morgan fingerprint density at radius 2 is 2.08 bits per heavy atom. The fourth-order valence-electron chi connectivity index (χ4n) is 4.99. The Bertz CT molecular complexity index is 1320. The number of hydrogen-bond donors (Lipinski definition) is 1. The van der Waals surface area contributed by atoms with Crippen LogP contribution in [0.5, 0.6) is 0 Å². The molecular formula is C26H30N6O4S. The minimum atomic E-state index is -0.935. The van der Waals surface area contributed by atoms with Gasteiger partial charge >= 0.3 is 5.97 Å². The summed E-state index contributed by atoms with van der Waals surface area (Å²) in [5, 5.41) is 3.79. The number of piperazine rings is 1. The van der Waals surface area contributed by atoms with Crippen molar-refractivity contribution in [2.45, 2.75) is 24.7 Å². The normalized spacial score (nSPS) is 23.8. The van der Waals surface area contributed by atoms with Crippen molar-refractivity contribution in [3.8, 4) is 0 Å². The van der Waals surface area contributed by atoms with Gasteiger partial charge in [0.05, 0.1) is 47.4 Å². The largest absolute Gasteiger partial charge is 0.463 e. The Hall–Kier alpha value is -3.54. The Labute approximate surface area is 219 Å². The van der Waals surface area contributed by atoms with Gasteiger partial charge in [-0.25, -0.2) is 14.8 Å². The van der Waals surface area contributed by atoms with E-state index in [4.69, 9.17) is 18.9 Å². The first-order valence-electron chi connectivity index (χ1n) is 12.0. The van der Waals surface area contributed by atoms with Gasteiger partial charge in [0.2, 0.25) is 5.76 Å². The van der Waals surface area contributed by atoms with Gasteiger partial charge in [-0.1, -0.05) is 12.1 Å². The third-order valence-electron chi connectivity index (χ3n) is 6.92. The fraction of sp³-hybridized carbons (Fsp3) is 0.385. The Kier molecular flexibility index (Phi) is 7.09. The molecule has 3 unspecified atom stereocenters. The first-order valence-corrected chi connectivity index (χ1v) is 12.8. The molecule has 1 saturated heterocycles. The van der Waals surface area contributed by atoms with Crippen LogP contribution >= 0.6 is 11.3 Å². The van der Waals surface area contributed by atoms with Crippen molar-refractivity contribution >= 4 is 41.2 Å². The first kappa shape index (κ1) is 25.1. The van der Waals surface area contributed by atoms with Gasteiger partial charge in [0, 0.05) is 32.0 Å². The number of aryl methyl sites for hydroxylation is 1. The number of thiazole rings is 1. The van der Waals surface area contributed by atoms with Crippen molar-refractivity contribution in [2.24, 2.45) is 9.98 Å². The second-order valence-corrected chi connectivity index (χ2v) is 9.89. The molecule has 194 valence electrons. The number of nitrogens with one attached hydrogen (secondary N) is 1. The summed E-state index contributed by atoms with van der Waals surface area (Å²) >= 11 is 1.52. The van der Waals surface area contributed by atoms with Gasteiger partial charge in [-0.15, -0.1) is 11.3 Å². The number of para-hydroxylation sites is 2. The predicted octanol–water partition coefficient (Wildman–Crippen LogP) is 3.72. The molecule has 1 N–H and O–H groups in total. The third-order valence-corrected chi connectivity index (χ3v) is 8.00. The Morgan fingerprint density at radius 3 is 2.84 bits per heavy atom. The number of carbonyl (C=O) groups excluding carboxylic acids is 1. The molecule has 10 nitrogen and oxygen atoms in total. The van der Waals surface area contributed by atoms with E-state index in [1.54, 1.807) is 13.2 Å². The molecule has 1 aromatic carbocycles. The number of likely N-dealkylation sites (N-methyl/N-ethyl adjacent to an activating group) is 1. The van der Waals surface area contributed by atoms with Crippen LogP contribution in [0.4, 0.5) is 11.4 Å². The number of benzene rings is 1. The first-order chi connectivity index (χ1) is 18.0. The number of esters is 1. The lowest BCUT2D eigenvalue weighted by Crippen LogP contribution is -2.52. The van der Waals surface area contributed by atoms with Crippen LogP contribution in [0.2, 0.25) is 0 Å². The molecule has 0 amide bonds. The number of ether oxygens (including phenoxy) is 2. The summed E-state index contributed by atoms with van der Waals surface area (Å²) < 4.78 is 16.3. The molecule has 0 bridgehead atoms. The molecule has 2 aliphatic rings. The maximum absolute atomic E-state index is 12.6. The lowest BCUT2D eigenvalue weighted by Gasteiger charge is -2.42. The van der Waals surface area contributed by atoms with Crippen molar-refractivity contribution in [3.63, 3.8) is 0 Å². The van der Waals surface area contributed by atoms with Crippen LogP contribution in [-0.2, 0) is 15.0 Å². The molecular weight excluding hydrogens is 492 g/mol. The number of hydrogen-bond acceptors (Lipinski definition) is 11. The van der Waals surface area contributed by atoms with E-state index in [2.05, 4.69) is 38.2 Å². The fourth-order valence-corrected chi connectivity index (χ4v) is 5.94. The quantitative estimate of drug-likeness (QED) is 0.468. The molecule has 4 heterocycles. The van der Waals surface area contributed by atoms with E-state index in [1.165, 1.54) is 31.0 Å². The lowest BCUT2D eigenvalue weighted by molar-refractivity contribution is -0.0224. The number of furan rings is 1. The van der Waals surface area contributed by atoms with Crippen molar-refractivity contribution in [1.82, 2.24) is 9.88 Å². The number of rotatable bonds is 7. The molecule has 0 radical (unpaired) electrons. The average molecular weight is 523 g/mol. The smallest absolute Gasteiger partial charge is 0.374 e. The molecule has 2 aromatic heterocycles. The van der Waals surface area contributed by atoms with Gasteiger partial charge < -0.3 is 24.1 Å². The molecule has 0 spiro atoms. The average Bonchev–Trinajstić information content (AvgIpc) is 3.58. The van der Waals surface area contributed by atoms with Crippen LogP contribution in [0, 0.1) is 6.92 Å². The summed E-state index contributed by atoms with van der Waals surface area (Å²) in [6.07, 6.45) is 4.82. The second-order valence-electron chi connectivity index (χ2n) is 9.04. The van der Waals surface area contributed by atoms with Crippen LogP contribution in [0.25, 0.3) is 0 Å². The molecule has 11 heteroatoms. The molecule has 2 aliphatic heterocycles. The number of aliphatic imine (C=N–C) groups is 2. The molecule has 3 aromatic rings. The highest BCUT2D eigenvalue weighted by Gasteiger charge is 2.47. The summed E-state index contributed by atoms with van der Waals surface area (Å²) in [5.41, 5.74) is 4.28. The predicted molar refractivity (Wildman–Crippen MR) is 144 cm³/mol. The van der Waals surface area contributed by atoms with Gasteiger partial charge in [0.25, 0.3) is 0 Å². The number of anilines is 2. The van der Waals surface area contributed by atoms with Crippen LogP contribution in [0.1, 0.15) is 32.7 Å². The zero-order valence-corrected chi connectivity index (χ0v) is 22.1. The van der Waals surface area contributed by atoms with Gasteiger partial charge in [-0.05, 0) is 32.2 Å². The van der Waals surface area contributed by atoms with E-state index in [-0.39, 0.29) is 12.0 Å². The van der Waals surface area contributed by atoms with E-state index in [9.17, 15) is 4.79 Å². The summed E-state index contributed by atoms with van der Waals surface area (Å²) in [7, 11) is 5.14. The van der Waals surface area contributed by atoms with Crippen molar-refractivity contribution in [1.29, 1.82) is 0 Å². The molecule has 5 rings (SSSR count). The van der Waals surface area contributed by atoms with Gasteiger partial charge in [-0.2, -0.15) is 0 Å². The summed E-state index contributed by atoms with van der Waals surface area (Å²) in [6.45, 7) is 4.41.